The Balaban J connectivity index is 3.09. The van der Waals surface area contributed by atoms with E-state index in [9.17, 15) is 9.59 Å². The number of aryl methyl sites for hydroxylation is 1. The first-order valence-electron chi connectivity index (χ1n) is 5.98. The third-order valence-electron chi connectivity index (χ3n) is 2.97. The fraction of sp³-hybridized carbons (Fsp3) is 0.462. The van der Waals surface area contributed by atoms with Crippen molar-refractivity contribution in [1.29, 1.82) is 0 Å². The van der Waals surface area contributed by atoms with Crippen LogP contribution in [-0.4, -0.2) is 39.7 Å². The molecule has 0 aliphatic heterocycles. The molecule has 1 heterocycles. The zero-order valence-electron chi connectivity index (χ0n) is 11.2. The number of hydrogen-bond acceptors (Lipinski definition) is 4. The van der Waals surface area contributed by atoms with Crippen molar-refractivity contribution in [2.45, 2.75) is 26.8 Å². The molecule has 2 unspecified atom stereocenters. The van der Waals surface area contributed by atoms with Gasteiger partial charge in [0.15, 0.2) is 0 Å². The van der Waals surface area contributed by atoms with Crippen molar-refractivity contribution in [2.24, 2.45) is 5.92 Å². The molecule has 0 amide bonds. The minimum atomic E-state index is -1.01. The van der Waals surface area contributed by atoms with E-state index < -0.39 is 23.9 Å². The van der Waals surface area contributed by atoms with Gasteiger partial charge in [0, 0.05) is 12.7 Å². The molecule has 2 atom stereocenters. The summed E-state index contributed by atoms with van der Waals surface area (Å²) in [7, 11) is 0. The summed E-state index contributed by atoms with van der Waals surface area (Å²) in [5.41, 5.74) is 0.813. The lowest BCUT2D eigenvalue weighted by Gasteiger charge is -2.30. The first-order valence-corrected chi connectivity index (χ1v) is 5.98. The molecule has 0 saturated heterocycles. The van der Waals surface area contributed by atoms with E-state index in [4.69, 9.17) is 10.2 Å². The van der Waals surface area contributed by atoms with Crippen LogP contribution >= 0.6 is 0 Å². The molecular formula is C13H18N2O4. The number of aromatic nitrogens is 1. The van der Waals surface area contributed by atoms with Gasteiger partial charge < -0.3 is 15.1 Å². The van der Waals surface area contributed by atoms with Gasteiger partial charge >= 0.3 is 11.9 Å². The second kappa shape index (κ2) is 6.17. The molecule has 2 N–H and O–H groups in total. The van der Waals surface area contributed by atoms with Gasteiger partial charge in [0.1, 0.15) is 11.9 Å². The summed E-state index contributed by atoms with van der Waals surface area (Å²) in [5, 5.41) is 18.1. The molecule has 0 aromatic carbocycles. The van der Waals surface area contributed by atoms with Crippen molar-refractivity contribution in [3.8, 4) is 0 Å². The fourth-order valence-corrected chi connectivity index (χ4v) is 1.71. The molecule has 19 heavy (non-hydrogen) atoms. The minimum Gasteiger partial charge on any atom is -0.481 e. The van der Waals surface area contributed by atoms with E-state index in [1.165, 1.54) is 11.8 Å². The average molecular weight is 266 g/mol. The number of aliphatic carboxylic acids is 2. The summed E-state index contributed by atoms with van der Waals surface area (Å²) in [5.74, 6) is -2.15. The molecule has 0 aliphatic rings. The predicted molar refractivity (Wildman–Crippen MR) is 70.2 cm³/mol. The Morgan fingerprint density at radius 1 is 1.32 bits per heavy atom. The summed E-state index contributed by atoms with van der Waals surface area (Å²) < 4.78 is 0. The fourth-order valence-electron chi connectivity index (χ4n) is 1.71. The van der Waals surface area contributed by atoms with Crippen molar-refractivity contribution in [1.82, 2.24) is 4.98 Å². The number of hydrogen-bond donors (Lipinski definition) is 2. The Labute approximate surface area is 111 Å². The number of nitrogens with zero attached hydrogens (tertiary/aromatic N) is 2. The maximum absolute atomic E-state index is 11.2. The number of anilines is 1. The van der Waals surface area contributed by atoms with E-state index in [0.717, 1.165) is 5.56 Å². The van der Waals surface area contributed by atoms with Gasteiger partial charge in [0.25, 0.3) is 0 Å². The number of pyridine rings is 1. The molecule has 1 rings (SSSR count). The van der Waals surface area contributed by atoms with Crippen LogP contribution in [0.25, 0.3) is 0 Å². The monoisotopic (exact) mass is 266 g/mol. The van der Waals surface area contributed by atoms with Crippen LogP contribution < -0.4 is 4.90 Å². The van der Waals surface area contributed by atoms with E-state index >= 15 is 0 Å². The molecule has 1 aromatic heterocycles. The Morgan fingerprint density at radius 3 is 2.42 bits per heavy atom. The van der Waals surface area contributed by atoms with Gasteiger partial charge in [-0.25, -0.2) is 9.78 Å². The van der Waals surface area contributed by atoms with E-state index in [1.807, 2.05) is 13.0 Å². The first-order chi connectivity index (χ1) is 8.84. The molecule has 104 valence electrons. The van der Waals surface area contributed by atoms with E-state index in [2.05, 4.69) is 4.98 Å². The Kier molecular flexibility index (Phi) is 4.86. The second-order valence-corrected chi connectivity index (χ2v) is 4.55. The maximum atomic E-state index is 11.2. The molecule has 0 radical (unpaired) electrons. The summed E-state index contributed by atoms with van der Waals surface area (Å²) in [6, 6.07) is 2.73. The quantitative estimate of drug-likeness (QED) is 0.808. The summed E-state index contributed by atoms with van der Waals surface area (Å²) in [6.07, 6.45) is 1.56. The molecule has 0 aliphatic carbocycles. The lowest BCUT2D eigenvalue weighted by Crippen LogP contribution is -2.43. The lowest BCUT2D eigenvalue weighted by molar-refractivity contribution is -0.142. The van der Waals surface area contributed by atoms with Crippen LogP contribution in [-0.2, 0) is 9.59 Å². The highest BCUT2D eigenvalue weighted by atomic mass is 16.4. The third-order valence-corrected chi connectivity index (χ3v) is 2.97. The van der Waals surface area contributed by atoms with Crippen LogP contribution in [0.3, 0.4) is 0 Å². The van der Waals surface area contributed by atoms with Crippen molar-refractivity contribution < 1.29 is 19.8 Å². The summed E-state index contributed by atoms with van der Waals surface area (Å²) >= 11 is 0. The highest BCUT2D eigenvalue weighted by molar-refractivity contribution is 5.78. The number of rotatable bonds is 6. The highest BCUT2D eigenvalue weighted by Gasteiger charge is 2.26. The normalized spacial score (nSPS) is 13.6. The Hall–Kier alpha value is -2.11. The van der Waals surface area contributed by atoms with Gasteiger partial charge in [-0.05, 0) is 25.5 Å². The topological polar surface area (TPSA) is 90.7 Å². The maximum Gasteiger partial charge on any atom is 0.326 e. The highest BCUT2D eigenvalue weighted by Crippen LogP contribution is 2.20. The molecule has 0 spiro atoms. The van der Waals surface area contributed by atoms with E-state index in [-0.39, 0.29) is 6.54 Å². The van der Waals surface area contributed by atoms with Crippen molar-refractivity contribution >= 4 is 17.8 Å². The lowest BCUT2D eigenvalue weighted by atomic mass is 10.1. The van der Waals surface area contributed by atoms with Crippen LogP contribution in [0.1, 0.15) is 19.4 Å². The minimum absolute atomic E-state index is 0.0979. The number of carboxylic acid groups (broad SMARTS) is 2. The van der Waals surface area contributed by atoms with Crippen molar-refractivity contribution in [2.75, 3.05) is 11.4 Å². The van der Waals surface area contributed by atoms with Crippen molar-refractivity contribution in [3.05, 3.63) is 23.9 Å². The van der Waals surface area contributed by atoms with Crippen LogP contribution in [0.4, 0.5) is 5.82 Å². The Bertz CT molecular complexity index is 475. The van der Waals surface area contributed by atoms with Crippen LogP contribution in [0, 0.1) is 12.8 Å². The van der Waals surface area contributed by atoms with E-state index in [0.29, 0.717) is 5.82 Å². The van der Waals surface area contributed by atoms with Crippen LogP contribution in [0.5, 0.6) is 0 Å². The zero-order valence-corrected chi connectivity index (χ0v) is 11.2. The second-order valence-electron chi connectivity index (χ2n) is 4.55. The van der Waals surface area contributed by atoms with Gasteiger partial charge in [-0.2, -0.15) is 0 Å². The predicted octanol–water partition coefficient (Wildman–Crippen LogP) is 1.39. The van der Waals surface area contributed by atoms with Gasteiger partial charge in [-0.3, -0.25) is 4.79 Å². The first kappa shape index (κ1) is 14.9. The smallest absolute Gasteiger partial charge is 0.326 e. The number of carbonyl (C=O) groups is 2. The van der Waals surface area contributed by atoms with Crippen LogP contribution in [0.15, 0.2) is 18.3 Å². The SMILES string of the molecule is Cc1cccnc1N(CC(C)C(=O)O)C(C)C(=O)O. The zero-order chi connectivity index (χ0) is 14.6. The van der Waals surface area contributed by atoms with Gasteiger partial charge in [0.05, 0.1) is 5.92 Å². The molecule has 6 heteroatoms. The molecule has 0 fully saturated rings. The molecule has 0 bridgehead atoms. The molecule has 0 saturated carbocycles. The van der Waals surface area contributed by atoms with Crippen LogP contribution in [0.2, 0.25) is 0 Å². The average Bonchev–Trinajstić information content (AvgIpc) is 2.35. The van der Waals surface area contributed by atoms with Gasteiger partial charge in [0.2, 0.25) is 0 Å². The molecule has 1 aromatic rings. The van der Waals surface area contributed by atoms with E-state index in [1.54, 1.807) is 19.2 Å². The van der Waals surface area contributed by atoms with Gasteiger partial charge in [-0.15, -0.1) is 0 Å². The Morgan fingerprint density at radius 2 is 1.95 bits per heavy atom. The summed E-state index contributed by atoms with van der Waals surface area (Å²) in [6.45, 7) is 4.98. The number of carboxylic acids is 2. The molecular weight excluding hydrogens is 248 g/mol. The standard InChI is InChI=1S/C13H18N2O4/c1-8-5-4-6-14-11(8)15(10(3)13(18)19)7-9(2)12(16)17/h4-6,9-10H,7H2,1-3H3,(H,16,17)(H,18,19). The third kappa shape index (κ3) is 3.67. The van der Waals surface area contributed by atoms with Crippen molar-refractivity contribution in [3.63, 3.8) is 0 Å². The largest absolute Gasteiger partial charge is 0.481 e. The van der Waals surface area contributed by atoms with Gasteiger partial charge in [-0.1, -0.05) is 13.0 Å². The summed E-state index contributed by atoms with van der Waals surface area (Å²) in [4.78, 5) is 27.8. The molecule has 6 nitrogen and oxygen atoms in total.